The molecule has 7 heteroatoms. The van der Waals surface area contributed by atoms with Crippen molar-refractivity contribution in [2.45, 2.75) is 70.1 Å². The minimum atomic E-state index is -1.40. The monoisotopic (exact) mass is 544 g/mol. The predicted molar refractivity (Wildman–Crippen MR) is 156 cm³/mol. The van der Waals surface area contributed by atoms with Gasteiger partial charge in [-0.25, -0.2) is 9.59 Å². The fourth-order valence-corrected chi connectivity index (χ4v) is 5.01. The van der Waals surface area contributed by atoms with E-state index in [4.69, 9.17) is 9.47 Å². The first kappa shape index (κ1) is 29.0. The van der Waals surface area contributed by atoms with E-state index in [2.05, 4.69) is 5.32 Å². The molecule has 0 heterocycles. The maximum absolute atomic E-state index is 13.1. The SMILES string of the molecule is CC(Cc1ccc(OCCCN(Cc2ccccc2)C(=O)NC2CCCCC2)cc1)(Oc1ccccc1)C(=O)O. The molecule has 1 atom stereocenters. The summed E-state index contributed by atoms with van der Waals surface area (Å²) in [5.74, 6) is 0.191. The standard InChI is InChI=1S/C33H40N2O5/c1-33(31(36)37,40-30-16-9-4-10-17-30)24-26-18-20-29(21-19-26)39-23-11-22-35(25-27-12-5-2-6-13-27)32(38)34-28-14-7-3-8-15-28/h2,4-6,9-10,12-13,16-21,28H,3,7-8,11,14-15,22-25H2,1H3,(H,34,38)(H,36,37). The summed E-state index contributed by atoms with van der Waals surface area (Å²) in [4.78, 5) is 27.0. The normalized spacial score (nSPS) is 15.0. The number of aliphatic carboxylic acids is 1. The summed E-state index contributed by atoms with van der Waals surface area (Å²) < 4.78 is 11.8. The number of amides is 2. The van der Waals surface area contributed by atoms with Gasteiger partial charge in [0.05, 0.1) is 6.61 Å². The quantitative estimate of drug-likeness (QED) is 0.241. The predicted octanol–water partition coefficient (Wildman–Crippen LogP) is 6.46. The molecule has 1 unspecified atom stereocenters. The van der Waals surface area contributed by atoms with Crippen molar-refractivity contribution in [2.24, 2.45) is 0 Å². The molecule has 0 radical (unpaired) electrons. The van der Waals surface area contributed by atoms with Gasteiger partial charge in [0.2, 0.25) is 5.60 Å². The number of carbonyl (C=O) groups is 2. The molecule has 0 aromatic heterocycles. The summed E-state index contributed by atoms with van der Waals surface area (Å²) in [7, 11) is 0. The van der Waals surface area contributed by atoms with Crippen LogP contribution in [0.25, 0.3) is 0 Å². The van der Waals surface area contributed by atoms with Gasteiger partial charge in [0.1, 0.15) is 11.5 Å². The molecule has 4 rings (SSSR count). The number of rotatable bonds is 13. The van der Waals surface area contributed by atoms with Gasteiger partial charge >= 0.3 is 12.0 Å². The van der Waals surface area contributed by atoms with Crippen LogP contribution in [0.4, 0.5) is 4.79 Å². The summed E-state index contributed by atoms with van der Waals surface area (Å²) in [5.41, 5.74) is 0.536. The summed E-state index contributed by atoms with van der Waals surface area (Å²) in [5, 5.41) is 13.1. The molecule has 0 aliphatic heterocycles. The average molecular weight is 545 g/mol. The highest BCUT2D eigenvalue weighted by atomic mass is 16.5. The van der Waals surface area contributed by atoms with Crippen LogP contribution in [0.1, 0.15) is 56.6 Å². The molecule has 1 fully saturated rings. The lowest BCUT2D eigenvalue weighted by molar-refractivity contribution is -0.153. The largest absolute Gasteiger partial charge is 0.494 e. The van der Waals surface area contributed by atoms with Crippen LogP contribution in [0.5, 0.6) is 11.5 Å². The minimum Gasteiger partial charge on any atom is -0.494 e. The van der Waals surface area contributed by atoms with Crippen LogP contribution in [0, 0.1) is 0 Å². The molecule has 3 aromatic carbocycles. The van der Waals surface area contributed by atoms with E-state index in [1.54, 1.807) is 19.1 Å². The van der Waals surface area contributed by atoms with Gasteiger partial charge in [-0.15, -0.1) is 0 Å². The highest BCUT2D eigenvalue weighted by molar-refractivity contribution is 5.78. The first-order valence-electron chi connectivity index (χ1n) is 14.2. The van der Waals surface area contributed by atoms with E-state index in [0.717, 1.165) is 24.0 Å². The van der Waals surface area contributed by atoms with Crippen LogP contribution in [0.2, 0.25) is 0 Å². The molecule has 212 valence electrons. The van der Waals surface area contributed by atoms with E-state index in [9.17, 15) is 14.7 Å². The summed E-state index contributed by atoms with van der Waals surface area (Å²) in [6, 6.07) is 26.7. The number of nitrogens with zero attached hydrogens (tertiary/aromatic N) is 1. The third-order valence-electron chi connectivity index (χ3n) is 7.28. The maximum atomic E-state index is 13.1. The van der Waals surface area contributed by atoms with Crippen LogP contribution >= 0.6 is 0 Å². The number of benzene rings is 3. The summed E-state index contributed by atoms with van der Waals surface area (Å²) >= 11 is 0. The first-order valence-corrected chi connectivity index (χ1v) is 14.2. The van der Waals surface area contributed by atoms with Crippen molar-refractivity contribution in [1.82, 2.24) is 10.2 Å². The van der Waals surface area contributed by atoms with Gasteiger partial charge in [0, 0.05) is 25.6 Å². The number of hydrogen-bond acceptors (Lipinski definition) is 4. The van der Waals surface area contributed by atoms with E-state index in [1.807, 2.05) is 77.7 Å². The van der Waals surface area contributed by atoms with Crippen LogP contribution in [-0.2, 0) is 17.8 Å². The van der Waals surface area contributed by atoms with E-state index in [0.29, 0.717) is 37.6 Å². The van der Waals surface area contributed by atoms with Crippen molar-refractivity contribution in [3.8, 4) is 11.5 Å². The van der Waals surface area contributed by atoms with Crippen LogP contribution in [-0.4, -0.2) is 46.8 Å². The summed E-state index contributed by atoms with van der Waals surface area (Å²) in [6.45, 7) is 3.18. The molecule has 3 aromatic rings. The average Bonchev–Trinajstić information content (AvgIpc) is 2.97. The first-order chi connectivity index (χ1) is 19.4. The lowest BCUT2D eigenvalue weighted by atomic mass is 9.96. The topological polar surface area (TPSA) is 88.1 Å². The lowest BCUT2D eigenvalue weighted by Gasteiger charge is -2.28. The maximum Gasteiger partial charge on any atom is 0.348 e. The van der Waals surface area contributed by atoms with Crippen LogP contribution in [0.15, 0.2) is 84.9 Å². The number of hydrogen-bond donors (Lipinski definition) is 2. The van der Waals surface area contributed by atoms with Gasteiger partial charge in [-0.1, -0.05) is 79.9 Å². The Morgan fingerprint density at radius 3 is 2.17 bits per heavy atom. The van der Waals surface area contributed by atoms with E-state index < -0.39 is 11.6 Å². The Kier molecular flexibility index (Phi) is 10.4. The van der Waals surface area contributed by atoms with Gasteiger partial charge < -0.3 is 24.8 Å². The van der Waals surface area contributed by atoms with Crippen LogP contribution in [0.3, 0.4) is 0 Å². The zero-order valence-corrected chi connectivity index (χ0v) is 23.3. The number of carboxylic acids is 1. The summed E-state index contributed by atoms with van der Waals surface area (Å²) in [6.07, 6.45) is 6.59. The molecule has 2 N–H and O–H groups in total. The van der Waals surface area contributed by atoms with E-state index >= 15 is 0 Å². The molecule has 0 spiro atoms. The Hall–Kier alpha value is -4.00. The van der Waals surface area contributed by atoms with Crippen molar-refractivity contribution < 1.29 is 24.2 Å². The van der Waals surface area contributed by atoms with Gasteiger partial charge in [-0.05, 0) is 61.6 Å². The molecule has 0 saturated heterocycles. The molecule has 7 nitrogen and oxygen atoms in total. The minimum absolute atomic E-state index is 0.0145. The van der Waals surface area contributed by atoms with Crippen molar-refractivity contribution in [2.75, 3.05) is 13.2 Å². The number of carbonyl (C=O) groups excluding carboxylic acids is 1. The molecular weight excluding hydrogens is 504 g/mol. The second kappa shape index (κ2) is 14.4. The van der Waals surface area contributed by atoms with Crippen molar-refractivity contribution in [3.05, 3.63) is 96.1 Å². The Bertz CT molecular complexity index is 1200. The Morgan fingerprint density at radius 2 is 1.52 bits per heavy atom. The zero-order chi connectivity index (χ0) is 28.2. The molecule has 2 amide bonds. The highest BCUT2D eigenvalue weighted by Crippen LogP contribution is 2.24. The molecule has 1 aliphatic rings. The smallest absolute Gasteiger partial charge is 0.348 e. The number of nitrogens with one attached hydrogen (secondary N) is 1. The second-order valence-corrected chi connectivity index (χ2v) is 10.7. The molecule has 1 aliphatic carbocycles. The van der Waals surface area contributed by atoms with E-state index in [1.165, 1.54) is 19.3 Å². The Morgan fingerprint density at radius 1 is 0.875 bits per heavy atom. The van der Waals surface area contributed by atoms with Gasteiger partial charge in [0.15, 0.2) is 0 Å². The van der Waals surface area contributed by atoms with Gasteiger partial charge in [0.25, 0.3) is 0 Å². The molecular formula is C33H40N2O5. The number of para-hydroxylation sites is 1. The van der Waals surface area contributed by atoms with E-state index in [-0.39, 0.29) is 18.5 Å². The number of urea groups is 1. The lowest BCUT2D eigenvalue weighted by Crippen LogP contribution is -2.45. The Labute approximate surface area is 237 Å². The molecule has 40 heavy (non-hydrogen) atoms. The molecule has 0 bridgehead atoms. The second-order valence-electron chi connectivity index (χ2n) is 10.7. The van der Waals surface area contributed by atoms with Crippen molar-refractivity contribution in [3.63, 3.8) is 0 Å². The molecule has 1 saturated carbocycles. The Balaban J connectivity index is 1.28. The van der Waals surface area contributed by atoms with Crippen molar-refractivity contribution >= 4 is 12.0 Å². The number of ether oxygens (including phenoxy) is 2. The third-order valence-corrected chi connectivity index (χ3v) is 7.28. The number of carboxylic acid groups (broad SMARTS) is 1. The van der Waals surface area contributed by atoms with Crippen molar-refractivity contribution in [1.29, 1.82) is 0 Å². The zero-order valence-electron chi connectivity index (χ0n) is 23.3. The third kappa shape index (κ3) is 8.76. The van der Waals surface area contributed by atoms with Gasteiger partial charge in [-0.3, -0.25) is 0 Å². The highest BCUT2D eigenvalue weighted by Gasteiger charge is 2.36. The fourth-order valence-electron chi connectivity index (χ4n) is 5.01. The van der Waals surface area contributed by atoms with Crippen LogP contribution < -0.4 is 14.8 Å². The fraction of sp³-hybridized carbons (Fsp3) is 0.394. The van der Waals surface area contributed by atoms with Gasteiger partial charge in [-0.2, -0.15) is 0 Å².